The molecule has 1 aliphatic heterocycles. The Hall–Kier alpha value is -2.43. The lowest BCUT2D eigenvalue weighted by molar-refractivity contribution is -0.140. The number of nitrogens with zero attached hydrogens (tertiary/aromatic N) is 1. The van der Waals surface area contributed by atoms with Crippen LogP contribution in [-0.2, 0) is 20.9 Å². The summed E-state index contributed by atoms with van der Waals surface area (Å²) in [6.07, 6.45) is 14.5. The Balaban J connectivity index is 1.33. The molecule has 4 nitrogen and oxygen atoms in total. The number of likely N-dealkylation sites (tertiary alicyclic amines) is 1. The molecule has 1 saturated heterocycles. The zero-order valence-corrected chi connectivity index (χ0v) is 22.2. The maximum Gasteiger partial charge on any atom is 0.305 e. The fraction of sp³-hybridized carbons (Fsp3) is 0.531. The minimum absolute atomic E-state index is 0.138. The molecule has 4 heteroatoms. The Bertz CT molecular complexity index is 960. The number of esters is 1. The number of allylic oxidation sites excluding steroid dienone is 2. The SMILES string of the molecule is COC(=O)CCC=CCC[C@H]1[C@@H](OCc2ccc(-c3ccc(C)cc3)cc2)CC[C@@H]1N1CCCCC1. The maximum atomic E-state index is 11.3. The molecule has 2 fully saturated rings. The van der Waals surface area contributed by atoms with Crippen molar-refractivity contribution in [3.8, 4) is 11.1 Å². The van der Waals surface area contributed by atoms with E-state index in [0.29, 0.717) is 31.1 Å². The summed E-state index contributed by atoms with van der Waals surface area (Å²) in [7, 11) is 1.45. The van der Waals surface area contributed by atoms with Crippen LogP contribution in [0.5, 0.6) is 0 Å². The molecule has 2 aromatic carbocycles. The van der Waals surface area contributed by atoms with E-state index in [-0.39, 0.29) is 5.97 Å². The van der Waals surface area contributed by atoms with Crippen LogP contribution in [0.15, 0.2) is 60.7 Å². The zero-order chi connectivity index (χ0) is 25.2. The number of hydrogen-bond donors (Lipinski definition) is 0. The van der Waals surface area contributed by atoms with Crippen LogP contribution in [-0.4, -0.2) is 43.2 Å². The molecule has 194 valence electrons. The first-order valence-electron chi connectivity index (χ1n) is 13.9. The van der Waals surface area contributed by atoms with Crippen LogP contribution in [0.1, 0.15) is 68.9 Å². The van der Waals surface area contributed by atoms with Crippen molar-refractivity contribution in [2.24, 2.45) is 5.92 Å². The average Bonchev–Trinajstić information content (AvgIpc) is 3.33. The predicted molar refractivity (Wildman–Crippen MR) is 147 cm³/mol. The van der Waals surface area contributed by atoms with Gasteiger partial charge >= 0.3 is 5.97 Å². The Labute approximate surface area is 217 Å². The number of rotatable bonds is 11. The summed E-state index contributed by atoms with van der Waals surface area (Å²) in [4.78, 5) is 14.1. The molecule has 4 rings (SSSR count). The number of piperidine rings is 1. The number of carbonyl (C=O) groups excluding carboxylic acids is 1. The molecule has 0 amide bonds. The number of methoxy groups -OCH3 is 1. The summed E-state index contributed by atoms with van der Waals surface area (Å²) in [6, 6.07) is 18.2. The quantitative estimate of drug-likeness (QED) is 0.249. The lowest BCUT2D eigenvalue weighted by atomic mass is 9.93. The standard InChI is InChI=1S/C32H43NO3/c1-25-12-16-27(17-13-25)28-18-14-26(15-19-28)24-36-31-21-20-30(33-22-8-5-9-23-33)29(31)10-6-3-4-7-11-32(34)35-2/h3-4,12-19,29-31H,5-11,20-24H2,1-2H3/t29-,30+,31+/m1/s1. The van der Waals surface area contributed by atoms with E-state index >= 15 is 0 Å². The third-order valence-electron chi connectivity index (χ3n) is 7.96. The molecular formula is C32H43NO3. The Morgan fingerprint density at radius 1 is 0.917 bits per heavy atom. The molecule has 3 atom stereocenters. The second kappa shape index (κ2) is 13.8. The molecule has 0 unspecified atom stereocenters. The molecule has 1 aliphatic carbocycles. The van der Waals surface area contributed by atoms with Gasteiger partial charge in [-0.25, -0.2) is 0 Å². The Morgan fingerprint density at radius 2 is 1.58 bits per heavy atom. The van der Waals surface area contributed by atoms with E-state index in [2.05, 4.69) is 72.5 Å². The first-order chi connectivity index (χ1) is 17.6. The highest BCUT2D eigenvalue weighted by molar-refractivity contribution is 5.69. The largest absolute Gasteiger partial charge is 0.469 e. The molecule has 0 spiro atoms. The second-order valence-electron chi connectivity index (χ2n) is 10.5. The monoisotopic (exact) mass is 489 g/mol. The molecule has 1 heterocycles. The number of carbonyl (C=O) groups is 1. The maximum absolute atomic E-state index is 11.3. The summed E-state index contributed by atoms with van der Waals surface area (Å²) < 4.78 is 11.3. The van der Waals surface area contributed by atoms with Crippen molar-refractivity contribution in [1.82, 2.24) is 4.90 Å². The lowest BCUT2D eigenvalue weighted by Crippen LogP contribution is -2.43. The molecule has 2 aromatic rings. The molecule has 0 bridgehead atoms. The van der Waals surface area contributed by atoms with Gasteiger partial charge in [-0.3, -0.25) is 4.79 Å². The van der Waals surface area contributed by atoms with Crippen molar-refractivity contribution >= 4 is 5.97 Å². The van der Waals surface area contributed by atoms with Gasteiger partial charge in [0.2, 0.25) is 0 Å². The first kappa shape index (κ1) is 26.6. The summed E-state index contributed by atoms with van der Waals surface area (Å²) in [5.74, 6) is 0.432. The third-order valence-corrected chi connectivity index (χ3v) is 7.96. The molecule has 36 heavy (non-hydrogen) atoms. The molecule has 0 N–H and O–H groups in total. The normalized spacial score (nSPS) is 22.8. The third kappa shape index (κ3) is 7.54. The average molecular weight is 490 g/mol. The van der Waals surface area contributed by atoms with E-state index < -0.39 is 0 Å². The van der Waals surface area contributed by atoms with E-state index in [1.807, 2.05) is 0 Å². The number of benzene rings is 2. The summed E-state index contributed by atoms with van der Waals surface area (Å²) in [5.41, 5.74) is 5.04. The highest BCUT2D eigenvalue weighted by Crippen LogP contribution is 2.37. The Kier molecular flexibility index (Phi) is 10.2. The fourth-order valence-electron chi connectivity index (χ4n) is 5.87. The van der Waals surface area contributed by atoms with E-state index in [9.17, 15) is 4.79 Å². The lowest BCUT2D eigenvalue weighted by Gasteiger charge is -2.37. The van der Waals surface area contributed by atoms with Crippen LogP contribution in [0.25, 0.3) is 11.1 Å². The molecule has 0 radical (unpaired) electrons. The summed E-state index contributed by atoms with van der Waals surface area (Å²) in [5, 5.41) is 0. The number of aryl methyl sites for hydroxylation is 1. The van der Waals surface area contributed by atoms with Crippen molar-refractivity contribution in [2.75, 3.05) is 20.2 Å². The summed E-state index contributed by atoms with van der Waals surface area (Å²) in [6.45, 7) is 5.28. The molecular weight excluding hydrogens is 446 g/mol. The van der Waals surface area contributed by atoms with Crippen molar-refractivity contribution in [3.05, 3.63) is 71.8 Å². The van der Waals surface area contributed by atoms with Crippen molar-refractivity contribution in [2.45, 2.75) is 83.5 Å². The predicted octanol–water partition coefficient (Wildman–Crippen LogP) is 7.10. The van der Waals surface area contributed by atoms with Crippen LogP contribution < -0.4 is 0 Å². The van der Waals surface area contributed by atoms with E-state index in [1.54, 1.807) is 0 Å². The summed E-state index contributed by atoms with van der Waals surface area (Å²) >= 11 is 0. The van der Waals surface area contributed by atoms with Gasteiger partial charge in [0.25, 0.3) is 0 Å². The van der Waals surface area contributed by atoms with Crippen molar-refractivity contribution in [1.29, 1.82) is 0 Å². The number of hydrogen-bond acceptors (Lipinski definition) is 4. The van der Waals surface area contributed by atoms with E-state index in [4.69, 9.17) is 9.47 Å². The zero-order valence-electron chi connectivity index (χ0n) is 22.2. The van der Waals surface area contributed by atoms with Gasteiger partial charge in [-0.05, 0) is 81.6 Å². The topological polar surface area (TPSA) is 38.8 Å². The fourth-order valence-corrected chi connectivity index (χ4v) is 5.87. The highest BCUT2D eigenvalue weighted by Gasteiger charge is 2.39. The second-order valence-corrected chi connectivity index (χ2v) is 10.5. The van der Waals surface area contributed by atoms with Crippen molar-refractivity contribution < 1.29 is 14.3 Å². The van der Waals surface area contributed by atoms with Gasteiger partial charge in [-0.15, -0.1) is 0 Å². The smallest absolute Gasteiger partial charge is 0.305 e. The Morgan fingerprint density at radius 3 is 2.28 bits per heavy atom. The van der Waals surface area contributed by atoms with E-state index in [1.165, 1.54) is 68.1 Å². The minimum Gasteiger partial charge on any atom is -0.469 e. The van der Waals surface area contributed by atoms with Crippen molar-refractivity contribution in [3.63, 3.8) is 0 Å². The van der Waals surface area contributed by atoms with Gasteiger partial charge in [0.15, 0.2) is 0 Å². The molecule has 1 saturated carbocycles. The van der Waals surface area contributed by atoms with Crippen LogP contribution in [0.2, 0.25) is 0 Å². The van der Waals surface area contributed by atoms with E-state index in [0.717, 1.165) is 25.7 Å². The number of ether oxygens (including phenoxy) is 2. The van der Waals surface area contributed by atoms with Gasteiger partial charge in [0.05, 0.1) is 19.8 Å². The van der Waals surface area contributed by atoms with Crippen LogP contribution >= 0.6 is 0 Å². The van der Waals surface area contributed by atoms with Crippen LogP contribution in [0.4, 0.5) is 0 Å². The highest BCUT2D eigenvalue weighted by atomic mass is 16.5. The van der Waals surface area contributed by atoms with Gasteiger partial charge in [-0.1, -0.05) is 72.7 Å². The first-order valence-corrected chi connectivity index (χ1v) is 13.9. The van der Waals surface area contributed by atoms with Gasteiger partial charge < -0.3 is 14.4 Å². The van der Waals surface area contributed by atoms with Crippen LogP contribution in [0.3, 0.4) is 0 Å². The van der Waals surface area contributed by atoms with Gasteiger partial charge in [0, 0.05) is 18.4 Å². The molecule has 2 aliphatic rings. The van der Waals surface area contributed by atoms with Crippen LogP contribution in [0, 0.1) is 12.8 Å². The van der Waals surface area contributed by atoms with Gasteiger partial charge in [0.1, 0.15) is 0 Å². The molecule has 0 aromatic heterocycles. The minimum atomic E-state index is -0.138. The van der Waals surface area contributed by atoms with Gasteiger partial charge in [-0.2, -0.15) is 0 Å².